The van der Waals surface area contributed by atoms with E-state index in [-0.39, 0.29) is 31.4 Å². The Morgan fingerprint density at radius 1 is 1.03 bits per heavy atom. The van der Waals surface area contributed by atoms with Crippen molar-refractivity contribution in [2.45, 2.75) is 49.4 Å². The smallest absolute Gasteiger partial charge is 0.250 e. The zero-order valence-electron chi connectivity index (χ0n) is 19.4. The molecule has 4 atom stereocenters. The third-order valence-electron chi connectivity index (χ3n) is 6.91. The van der Waals surface area contributed by atoms with Gasteiger partial charge in [0.1, 0.15) is 18.2 Å². The van der Waals surface area contributed by atoms with Crippen molar-refractivity contribution >= 4 is 11.8 Å². The first kappa shape index (κ1) is 23.7. The molecule has 2 fully saturated rings. The van der Waals surface area contributed by atoms with E-state index in [2.05, 4.69) is 5.32 Å². The maximum atomic E-state index is 13.4. The minimum Gasteiger partial charge on any atom is -0.395 e. The third kappa shape index (κ3) is 4.38. The third-order valence-corrected chi connectivity index (χ3v) is 6.91. The van der Waals surface area contributed by atoms with Gasteiger partial charge in [-0.25, -0.2) is 0 Å². The molecule has 0 radical (unpaired) electrons. The first-order chi connectivity index (χ1) is 17.0. The van der Waals surface area contributed by atoms with Crippen molar-refractivity contribution in [3.05, 3.63) is 83.4 Å². The van der Waals surface area contributed by atoms with E-state index < -0.39 is 30.1 Å². The van der Waals surface area contributed by atoms with Gasteiger partial charge in [0.05, 0.1) is 12.7 Å². The van der Waals surface area contributed by atoms with Gasteiger partial charge < -0.3 is 29.9 Å². The average molecular weight is 479 g/mol. The second-order valence-electron chi connectivity index (χ2n) is 9.15. The number of benzene rings is 2. The molecule has 2 heterocycles. The summed E-state index contributed by atoms with van der Waals surface area (Å²) in [6.45, 7) is 0.455. The summed E-state index contributed by atoms with van der Waals surface area (Å²) in [6.07, 6.45) is 0.920. The van der Waals surface area contributed by atoms with Crippen LogP contribution in [0.2, 0.25) is 0 Å². The molecule has 2 aliphatic heterocycles. The lowest BCUT2D eigenvalue weighted by atomic mass is 9.91. The van der Waals surface area contributed by atoms with Crippen LogP contribution in [-0.2, 0) is 24.8 Å². The van der Waals surface area contributed by atoms with Gasteiger partial charge in [-0.15, -0.1) is 0 Å². The van der Waals surface area contributed by atoms with Gasteiger partial charge in [-0.2, -0.15) is 0 Å². The highest BCUT2D eigenvalue weighted by molar-refractivity contribution is 5.97. The van der Waals surface area contributed by atoms with Crippen LogP contribution in [0.4, 0.5) is 0 Å². The molecule has 0 bridgehead atoms. The molecule has 8 heteroatoms. The number of hydrogen-bond donors (Lipinski definition) is 3. The summed E-state index contributed by atoms with van der Waals surface area (Å²) in [5.74, 6) is -1.76. The second kappa shape index (κ2) is 9.91. The number of nitrogens with zero attached hydrogens (tertiary/aromatic N) is 1. The molecule has 35 heavy (non-hydrogen) atoms. The number of ether oxygens (including phenoxy) is 2. The fourth-order valence-corrected chi connectivity index (χ4v) is 5.26. The molecule has 8 nitrogen and oxygen atoms in total. The lowest BCUT2D eigenvalue weighted by Crippen LogP contribution is -2.48. The molecule has 0 saturated carbocycles. The highest BCUT2D eigenvalue weighted by Crippen LogP contribution is 2.46. The van der Waals surface area contributed by atoms with Crippen molar-refractivity contribution < 1.29 is 29.3 Å². The first-order valence-corrected chi connectivity index (χ1v) is 12.1. The Balaban J connectivity index is 1.43. The number of aliphatic hydroxyl groups is 2. The van der Waals surface area contributed by atoms with Crippen LogP contribution in [0.25, 0.3) is 0 Å². The molecular weight excluding hydrogens is 448 g/mol. The lowest BCUT2D eigenvalue weighted by Gasteiger charge is -2.31. The van der Waals surface area contributed by atoms with Crippen molar-refractivity contribution in [2.75, 3.05) is 19.7 Å². The standard InChI is InChI=1S/C27H30N2O6/c30-15-13-28-25(32)21-12-7-14-29(21)26(33)18-16-22(31)24-23(17-18)34-27(35-24,19-8-3-1-4-9-19)20-10-5-2-6-11-20/h1-6,8-11,17,21-24,30-31H,7,12-16H2,(H,28,32). The Morgan fingerprint density at radius 2 is 1.69 bits per heavy atom. The van der Waals surface area contributed by atoms with Crippen LogP contribution in [0.1, 0.15) is 30.4 Å². The predicted octanol–water partition coefficient (Wildman–Crippen LogP) is 1.46. The number of rotatable bonds is 6. The summed E-state index contributed by atoms with van der Waals surface area (Å²) in [6, 6.07) is 18.6. The molecule has 0 spiro atoms. The van der Waals surface area contributed by atoms with Crippen molar-refractivity contribution in [1.82, 2.24) is 10.2 Å². The number of nitrogens with one attached hydrogen (secondary N) is 1. The van der Waals surface area contributed by atoms with E-state index in [1.165, 1.54) is 0 Å². The van der Waals surface area contributed by atoms with E-state index in [0.717, 1.165) is 17.5 Å². The van der Waals surface area contributed by atoms with Gasteiger partial charge in [0.2, 0.25) is 17.6 Å². The van der Waals surface area contributed by atoms with Crippen molar-refractivity contribution in [3.8, 4) is 0 Å². The topological polar surface area (TPSA) is 108 Å². The van der Waals surface area contributed by atoms with Gasteiger partial charge in [0.25, 0.3) is 0 Å². The van der Waals surface area contributed by atoms with Crippen molar-refractivity contribution in [3.63, 3.8) is 0 Å². The summed E-state index contributed by atoms with van der Waals surface area (Å²) in [4.78, 5) is 27.5. The molecule has 4 unspecified atom stereocenters. The van der Waals surface area contributed by atoms with Crippen LogP contribution >= 0.6 is 0 Å². The van der Waals surface area contributed by atoms with Crippen molar-refractivity contribution in [1.29, 1.82) is 0 Å². The molecule has 2 aromatic carbocycles. The first-order valence-electron chi connectivity index (χ1n) is 12.1. The Labute approximate surface area is 204 Å². The maximum absolute atomic E-state index is 13.4. The summed E-state index contributed by atoms with van der Waals surface area (Å²) in [5.41, 5.74) is 2.02. The molecule has 3 aliphatic rings. The van der Waals surface area contributed by atoms with Gasteiger partial charge in [0.15, 0.2) is 0 Å². The predicted molar refractivity (Wildman–Crippen MR) is 127 cm³/mol. The van der Waals surface area contributed by atoms with Gasteiger partial charge in [0, 0.05) is 36.2 Å². The Hall–Kier alpha value is -3.04. The van der Waals surface area contributed by atoms with Gasteiger partial charge >= 0.3 is 0 Å². The van der Waals surface area contributed by atoms with Crippen LogP contribution in [0.5, 0.6) is 0 Å². The van der Waals surface area contributed by atoms with Crippen molar-refractivity contribution in [2.24, 2.45) is 0 Å². The fourth-order valence-electron chi connectivity index (χ4n) is 5.26. The van der Waals surface area contributed by atoms with Crippen LogP contribution in [0.3, 0.4) is 0 Å². The number of aliphatic hydroxyl groups excluding tert-OH is 2. The Bertz CT molecular complexity index is 1050. The molecule has 2 saturated heterocycles. The average Bonchev–Trinajstić information content (AvgIpc) is 3.54. The van der Waals surface area contributed by atoms with Gasteiger partial charge in [-0.3, -0.25) is 9.59 Å². The van der Waals surface area contributed by atoms with E-state index in [1.807, 2.05) is 60.7 Å². The van der Waals surface area contributed by atoms with Gasteiger partial charge in [-0.1, -0.05) is 60.7 Å². The summed E-state index contributed by atoms with van der Waals surface area (Å²) in [7, 11) is 0. The number of carbonyl (C=O) groups excluding carboxylic acids is 2. The number of fused-ring (bicyclic) bond motifs is 1. The molecule has 1 aliphatic carbocycles. The zero-order chi connectivity index (χ0) is 24.4. The molecule has 2 amide bonds. The molecule has 3 N–H and O–H groups in total. The fraction of sp³-hybridized carbons (Fsp3) is 0.407. The highest BCUT2D eigenvalue weighted by Gasteiger charge is 2.54. The summed E-state index contributed by atoms with van der Waals surface area (Å²) < 4.78 is 13.0. The maximum Gasteiger partial charge on any atom is 0.250 e. The number of amides is 2. The zero-order valence-corrected chi connectivity index (χ0v) is 19.4. The Kier molecular flexibility index (Phi) is 6.71. The number of carbonyl (C=O) groups is 2. The lowest BCUT2D eigenvalue weighted by molar-refractivity contribution is -0.156. The van der Waals surface area contributed by atoms with Crippen LogP contribution in [-0.4, -0.2) is 71.0 Å². The summed E-state index contributed by atoms with van der Waals surface area (Å²) >= 11 is 0. The van der Waals surface area contributed by atoms with E-state index in [9.17, 15) is 14.7 Å². The van der Waals surface area contributed by atoms with Crippen LogP contribution < -0.4 is 5.32 Å². The van der Waals surface area contributed by atoms with E-state index in [1.54, 1.807) is 11.0 Å². The van der Waals surface area contributed by atoms with Gasteiger partial charge in [-0.05, 0) is 18.9 Å². The molecule has 0 aromatic heterocycles. The van der Waals surface area contributed by atoms with Crippen LogP contribution in [0.15, 0.2) is 72.3 Å². The van der Waals surface area contributed by atoms with E-state index in [0.29, 0.717) is 18.5 Å². The Morgan fingerprint density at radius 3 is 2.31 bits per heavy atom. The minimum atomic E-state index is -1.21. The highest BCUT2D eigenvalue weighted by atomic mass is 16.8. The second-order valence-corrected chi connectivity index (χ2v) is 9.15. The summed E-state index contributed by atoms with van der Waals surface area (Å²) in [5, 5.41) is 22.7. The quantitative estimate of drug-likeness (QED) is 0.580. The number of likely N-dealkylation sites (tertiary alicyclic amines) is 1. The van der Waals surface area contributed by atoms with E-state index in [4.69, 9.17) is 14.6 Å². The normalized spacial score (nSPS) is 27.3. The molecule has 5 rings (SSSR count). The van der Waals surface area contributed by atoms with E-state index >= 15 is 0 Å². The molecule has 184 valence electrons. The largest absolute Gasteiger partial charge is 0.395 e. The molecular formula is C27H30N2O6. The van der Waals surface area contributed by atoms with Crippen LogP contribution in [0, 0.1) is 0 Å². The monoisotopic (exact) mass is 478 g/mol. The minimum absolute atomic E-state index is 0.116. The number of hydrogen-bond acceptors (Lipinski definition) is 6. The molecule has 2 aromatic rings. The SMILES string of the molecule is O=C(NCCO)C1CCCN1C(=O)C1=CC2OC(c3ccccc3)(c3ccccc3)OC2C(O)C1.